The first-order valence-electron chi connectivity index (χ1n) is 5.83. The molecular weight excluding hydrogens is 176 g/mol. The molecule has 2 atom stereocenters. The second-order valence-electron chi connectivity index (χ2n) is 4.45. The van der Waals surface area contributed by atoms with Crippen molar-refractivity contribution in [2.75, 3.05) is 26.2 Å². The molecule has 1 heterocycles. The summed E-state index contributed by atoms with van der Waals surface area (Å²) in [5.41, 5.74) is 0. The summed E-state index contributed by atoms with van der Waals surface area (Å²) in [6.45, 7) is 8.27. The maximum atomic E-state index is 9.10. The van der Waals surface area contributed by atoms with Crippen molar-refractivity contribution >= 4 is 0 Å². The molecule has 1 aliphatic rings. The summed E-state index contributed by atoms with van der Waals surface area (Å²) in [5, 5.41) is 12.4. The van der Waals surface area contributed by atoms with Gasteiger partial charge in [0.25, 0.3) is 0 Å². The fourth-order valence-electron chi connectivity index (χ4n) is 1.99. The molecule has 0 aromatic heterocycles. The van der Waals surface area contributed by atoms with Crippen molar-refractivity contribution in [2.24, 2.45) is 0 Å². The largest absolute Gasteiger partial charge is 0.392 e. The third-order valence-corrected chi connectivity index (χ3v) is 2.89. The molecule has 0 saturated carbocycles. The zero-order valence-corrected chi connectivity index (χ0v) is 9.50. The van der Waals surface area contributed by atoms with E-state index in [1.165, 1.54) is 32.4 Å². The highest BCUT2D eigenvalue weighted by Crippen LogP contribution is 2.11. The Morgan fingerprint density at radius 2 is 1.79 bits per heavy atom. The van der Waals surface area contributed by atoms with Crippen LogP contribution in [0.25, 0.3) is 0 Å². The van der Waals surface area contributed by atoms with Crippen LogP contribution in [0, 0.1) is 0 Å². The second-order valence-corrected chi connectivity index (χ2v) is 4.45. The van der Waals surface area contributed by atoms with Gasteiger partial charge in [0.2, 0.25) is 0 Å². The molecule has 1 fully saturated rings. The summed E-state index contributed by atoms with van der Waals surface area (Å²) >= 11 is 0. The van der Waals surface area contributed by atoms with Crippen LogP contribution in [-0.2, 0) is 0 Å². The van der Waals surface area contributed by atoms with Gasteiger partial charge in [-0.25, -0.2) is 0 Å². The lowest BCUT2D eigenvalue weighted by Gasteiger charge is -2.32. The summed E-state index contributed by atoms with van der Waals surface area (Å²) in [5.74, 6) is 0. The van der Waals surface area contributed by atoms with Gasteiger partial charge in [0.15, 0.2) is 0 Å². The SMILES string of the molecule is CC(CNC[C@H](C)O)N1CCCCC1. The van der Waals surface area contributed by atoms with Crippen molar-refractivity contribution in [3.63, 3.8) is 0 Å². The van der Waals surface area contributed by atoms with E-state index in [0.717, 1.165) is 6.54 Å². The third kappa shape index (κ3) is 4.40. The van der Waals surface area contributed by atoms with Crippen LogP contribution in [0.5, 0.6) is 0 Å². The zero-order chi connectivity index (χ0) is 10.4. The quantitative estimate of drug-likeness (QED) is 0.690. The summed E-state index contributed by atoms with van der Waals surface area (Å²) in [6.07, 6.45) is 3.86. The topological polar surface area (TPSA) is 35.5 Å². The smallest absolute Gasteiger partial charge is 0.0636 e. The Morgan fingerprint density at radius 3 is 2.36 bits per heavy atom. The highest BCUT2D eigenvalue weighted by atomic mass is 16.3. The summed E-state index contributed by atoms with van der Waals surface area (Å²) in [7, 11) is 0. The molecule has 0 aliphatic carbocycles. The minimum atomic E-state index is -0.233. The predicted molar refractivity (Wildman–Crippen MR) is 59.4 cm³/mol. The number of nitrogens with zero attached hydrogens (tertiary/aromatic N) is 1. The fourth-order valence-corrected chi connectivity index (χ4v) is 1.99. The maximum absolute atomic E-state index is 9.10. The molecule has 0 bridgehead atoms. The molecule has 0 spiro atoms. The molecule has 0 aromatic carbocycles. The van der Waals surface area contributed by atoms with Gasteiger partial charge in [-0.2, -0.15) is 0 Å². The lowest BCUT2D eigenvalue weighted by molar-refractivity contribution is 0.157. The van der Waals surface area contributed by atoms with E-state index in [2.05, 4.69) is 17.1 Å². The Kier molecular flexibility index (Phi) is 5.45. The molecule has 1 rings (SSSR count). The number of aliphatic hydroxyl groups is 1. The van der Waals surface area contributed by atoms with E-state index in [9.17, 15) is 0 Å². The van der Waals surface area contributed by atoms with Crippen molar-refractivity contribution in [1.82, 2.24) is 10.2 Å². The highest BCUT2D eigenvalue weighted by molar-refractivity contribution is 4.73. The minimum Gasteiger partial charge on any atom is -0.392 e. The van der Waals surface area contributed by atoms with Gasteiger partial charge < -0.3 is 10.4 Å². The molecule has 0 aromatic rings. The van der Waals surface area contributed by atoms with Crippen molar-refractivity contribution in [3.05, 3.63) is 0 Å². The number of rotatable bonds is 5. The zero-order valence-electron chi connectivity index (χ0n) is 9.50. The van der Waals surface area contributed by atoms with E-state index in [-0.39, 0.29) is 6.10 Å². The van der Waals surface area contributed by atoms with E-state index in [1.807, 2.05) is 6.92 Å². The Labute approximate surface area is 87.5 Å². The molecular formula is C11H24N2O. The van der Waals surface area contributed by atoms with Crippen molar-refractivity contribution in [2.45, 2.75) is 45.3 Å². The molecule has 1 saturated heterocycles. The van der Waals surface area contributed by atoms with Crippen molar-refractivity contribution in [1.29, 1.82) is 0 Å². The van der Waals surface area contributed by atoms with Gasteiger partial charge in [0.05, 0.1) is 6.10 Å². The first kappa shape index (κ1) is 12.0. The van der Waals surface area contributed by atoms with E-state index >= 15 is 0 Å². The van der Waals surface area contributed by atoms with E-state index < -0.39 is 0 Å². The minimum absolute atomic E-state index is 0.233. The molecule has 84 valence electrons. The normalized spacial score (nSPS) is 23.4. The van der Waals surface area contributed by atoms with Crippen molar-refractivity contribution < 1.29 is 5.11 Å². The lowest BCUT2D eigenvalue weighted by atomic mass is 10.1. The van der Waals surface area contributed by atoms with Gasteiger partial charge in [0.1, 0.15) is 0 Å². The molecule has 2 N–H and O–H groups in total. The van der Waals surface area contributed by atoms with Crippen LogP contribution in [0.1, 0.15) is 33.1 Å². The monoisotopic (exact) mass is 200 g/mol. The van der Waals surface area contributed by atoms with Crippen LogP contribution in [0.2, 0.25) is 0 Å². The molecule has 14 heavy (non-hydrogen) atoms. The van der Waals surface area contributed by atoms with Crippen LogP contribution < -0.4 is 5.32 Å². The standard InChI is InChI=1S/C11H24N2O/c1-10(8-12-9-11(2)14)13-6-4-3-5-7-13/h10-12,14H,3-9H2,1-2H3/t10?,11-/m0/s1. The molecule has 3 heteroatoms. The Balaban J connectivity index is 2.10. The van der Waals surface area contributed by atoms with Crippen LogP contribution in [0.3, 0.4) is 0 Å². The Bertz CT molecular complexity index is 144. The summed E-state index contributed by atoms with van der Waals surface area (Å²) < 4.78 is 0. The van der Waals surface area contributed by atoms with Gasteiger partial charge in [-0.15, -0.1) is 0 Å². The number of nitrogens with one attached hydrogen (secondary N) is 1. The molecule has 0 amide bonds. The van der Waals surface area contributed by atoms with Crippen LogP contribution in [0.15, 0.2) is 0 Å². The van der Waals surface area contributed by atoms with Crippen molar-refractivity contribution in [3.8, 4) is 0 Å². The van der Waals surface area contributed by atoms with Crippen LogP contribution >= 0.6 is 0 Å². The molecule has 3 nitrogen and oxygen atoms in total. The number of aliphatic hydroxyl groups excluding tert-OH is 1. The predicted octanol–water partition coefficient (Wildman–Crippen LogP) is 0.831. The van der Waals surface area contributed by atoms with Gasteiger partial charge in [-0.1, -0.05) is 6.42 Å². The maximum Gasteiger partial charge on any atom is 0.0636 e. The van der Waals surface area contributed by atoms with E-state index in [0.29, 0.717) is 12.6 Å². The molecule has 1 aliphatic heterocycles. The highest BCUT2D eigenvalue weighted by Gasteiger charge is 2.15. The van der Waals surface area contributed by atoms with Gasteiger partial charge >= 0.3 is 0 Å². The Hall–Kier alpha value is -0.120. The average molecular weight is 200 g/mol. The Morgan fingerprint density at radius 1 is 1.14 bits per heavy atom. The van der Waals surface area contributed by atoms with E-state index in [4.69, 9.17) is 5.11 Å². The lowest BCUT2D eigenvalue weighted by Crippen LogP contribution is -2.44. The number of hydrogen-bond acceptors (Lipinski definition) is 3. The second kappa shape index (κ2) is 6.38. The number of likely N-dealkylation sites (tertiary alicyclic amines) is 1. The average Bonchev–Trinajstić information content (AvgIpc) is 2.18. The first-order valence-corrected chi connectivity index (χ1v) is 5.83. The summed E-state index contributed by atoms with van der Waals surface area (Å²) in [6, 6.07) is 0.606. The van der Waals surface area contributed by atoms with Gasteiger partial charge in [-0.05, 0) is 39.8 Å². The van der Waals surface area contributed by atoms with Gasteiger partial charge in [-0.3, -0.25) is 4.90 Å². The number of hydrogen-bond donors (Lipinski definition) is 2. The molecule has 0 radical (unpaired) electrons. The van der Waals surface area contributed by atoms with Crippen LogP contribution in [-0.4, -0.2) is 48.3 Å². The summed E-state index contributed by atoms with van der Waals surface area (Å²) in [4.78, 5) is 2.54. The van der Waals surface area contributed by atoms with E-state index in [1.54, 1.807) is 0 Å². The number of piperidine rings is 1. The third-order valence-electron chi connectivity index (χ3n) is 2.89. The fraction of sp³-hybridized carbons (Fsp3) is 1.00. The first-order chi connectivity index (χ1) is 6.70. The van der Waals surface area contributed by atoms with Gasteiger partial charge in [0, 0.05) is 19.1 Å². The molecule has 1 unspecified atom stereocenters. The van der Waals surface area contributed by atoms with Crippen LogP contribution in [0.4, 0.5) is 0 Å².